The summed E-state index contributed by atoms with van der Waals surface area (Å²) in [6.07, 6.45) is 4.93. The molecule has 0 heterocycles. The van der Waals surface area contributed by atoms with Crippen LogP contribution in [-0.2, 0) is 12.8 Å². The van der Waals surface area contributed by atoms with Gasteiger partial charge in [-0.2, -0.15) is 0 Å². The average molecular weight is 473 g/mol. The lowest BCUT2D eigenvalue weighted by atomic mass is 10.0. The molecule has 4 rings (SSSR count). The van der Waals surface area contributed by atoms with E-state index in [0.29, 0.717) is 22.9 Å². The van der Waals surface area contributed by atoms with Crippen LogP contribution in [0.25, 0.3) is 10.8 Å². The van der Waals surface area contributed by atoms with E-state index in [2.05, 4.69) is 30.9 Å². The Morgan fingerprint density at radius 3 is 2.26 bits per heavy atom. The normalized spacial score (nSPS) is 10.7. The van der Waals surface area contributed by atoms with Crippen LogP contribution >= 0.6 is 0 Å². The molecule has 0 aliphatic rings. The first-order valence-corrected chi connectivity index (χ1v) is 11.9. The zero-order valence-electron chi connectivity index (χ0n) is 19.7. The summed E-state index contributed by atoms with van der Waals surface area (Å²) in [4.78, 5) is 0. The molecule has 0 atom stereocenters. The fourth-order valence-electron chi connectivity index (χ4n) is 3.88. The monoisotopic (exact) mass is 472 g/mol. The predicted molar refractivity (Wildman–Crippen MR) is 135 cm³/mol. The van der Waals surface area contributed by atoms with Gasteiger partial charge in [0.2, 0.25) is 0 Å². The van der Waals surface area contributed by atoms with Crippen LogP contribution in [0.15, 0.2) is 72.8 Å². The highest BCUT2D eigenvalue weighted by atomic mass is 19.2. The SMILES string of the molecule is CCCCCOc1ccc(CCc2ccc(C#Cc3ccc4c(F)c(F)ccc4c3)c(F)c2)cc1. The van der Waals surface area contributed by atoms with Crippen molar-refractivity contribution in [2.45, 2.75) is 39.0 Å². The second-order valence-corrected chi connectivity index (χ2v) is 8.56. The van der Waals surface area contributed by atoms with Crippen LogP contribution in [0.4, 0.5) is 13.2 Å². The van der Waals surface area contributed by atoms with Gasteiger partial charge in [-0.15, -0.1) is 0 Å². The Morgan fingerprint density at radius 1 is 0.714 bits per heavy atom. The Bertz CT molecular complexity index is 1360. The van der Waals surface area contributed by atoms with Crippen LogP contribution in [0.1, 0.15) is 48.4 Å². The molecule has 0 unspecified atom stereocenters. The number of fused-ring (bicyclic) bond motifs is 1. The van der Waals surface area contributed by atoms with Crippen LogP contribution in [-0.4, -0.2) is 6.61 Å². The Kier molecular flexibility index (Phi) is 8.11. The topological polar surface area (TPSA) is 9.23 Å². The molecule has 0 aromatic heterocycles. The summed E-state index contributed by atoms with van der Waals surface area (Å²) in [6, 6.07) is 20.5. The molecule has 1 nitrogen and oxygen atoms in total. The van der Waals surface area contributed by atoms with Gasteiger partial charge in [0.05, 0.1) is 12.2 Å². The number of rotatable bonds is 8. The van der Waals surface area contributed by atoms with Gasteiger partial charge < -0.3 is 4.74 Å². The quantitative estimate of drug-likeness (QED) is 0.186. The maximum Gasteiger partial charge on any atom is 0.166 e. The van der Waals surface area contributed by atoms with Gasteiger partial charge in [0.1, 0.15) is 11.6 Å². The van der Waals surface area contributed by atoms with Gasteiger partial charge in [0, 0.05) is 10.9 Å². The third-order valence-electron chi connectivity index (χ3n) is 5.92. The maximum atomic E-state index is 14.6. The van der Waals surface area contributed by atoms with Crippen molar-refractivity contribution in [3.8, 4) is 17.6 Å². The molecule has 0 aliphatic heterocycles. The van der Waals surface area contributed by atoms with Crippen molar-refractivity contribution in [3.63, 3.8) is 0 Å². The largest absolute Gasteiger partial charge is 0.494 e. The minimum atomic E-state index is -0.887. The van der Waals surface area contributed by atoms with E-state index in [9.17, 15) is 13.2 Å². The summed E-state index contributed by atoms with van der Waals surface area (Å²) in [5, 5.41) is 0.739. The standard InChI is InChI=1S/C31H27F3O/c1-2-3-4-19-35-27-15-9-22(10-16-27)5-6-24-8-13-25(30(33)21-24)12-7-23-11-17-28-26(20-23)14-18-29(32)31(28)34/h8-11,13-18,20-21H,2-6,19H2,1H3. The smallest absolute Gasteiger partial charge is 0.166 e. The number of aryl methyl sites for hydroxylation is 2. The minimum absolute atomic E-state index is 0.195. The van der Waals surface area contributed by atoms with Gasteiger partial charge in [-0.05, 0) is 78.2 Å². The highest BCUT2D eigenvalue weighted by Crippen LogP contribution is 2.22. The third kappa shape index (κ3) is 6.45. The number of hydrogen-bond donors (Lipinski definition) is 0. The molecule has 0 saturated carbocycles. The molecule has 0 spiro atoms. The summed E-state index contributed by atoms with van der Waals surface area (Å²) in [7, 11) is 0. The van der Waals surface area contributed by atoms with Crippen molar-refractivity contribution in [2.24, 2.45) is 0 Å². The van der Waals surface area contributed by atoms with E-state index in [0.717, 1.165) is 36.8 Å². The van der Waals surface area contributed by atoms with Crippen molar-refractivity contribution in [3.05, 3.63) is 113 Å². The van der Waals surface area contributed by atoms with Crippen molar-refractivity contribution in [2.75, 3.05) is 6.61 Å². The molecule has 178 valence electrons. The van der Waals surface area contributed by atoms with Crippen molar-refractivity contribution in [1.82, 2.24) is 0 Å². The number of ether oxygens (including phenoxy) is 1. The Morgan fingerprint density at radius 2 is 1.49 bits per heavy atom. The first kappa shape index (κ1) is 24.4. The first-order chi connectivity index (χ1) is 17.0. The van der Waals surface area contributed by atoms with Crippen LogP contribution in [0.2, 0.25) is 0 Å². The zero-order valence-corrected chi connectivity index (χ0v) is 19.7. The molecule has 0 amide bonds. The number of hydrogen-bond acceptors (Lipinski definition) is 1. The van der Waals surface area contributed by atoms with E-state index in [4.69, 9.17) is 4.74 Å². The van der Waals surface area contributed by atoms with Gasteiger partial charge >= 0.3 is 0 Å². The molecule has 35 heavy (non-hydrogen) atoms. The summed E-state index contributed by atoms with van der Waals surface area (Å²) in [5.74, 6) is 4.50. The molecule has 0 radical (unpaired) electrons. The van der Waals surface area contributed by atoms with Gasteiger partial charge in [0.15, 0.2) is 11.6 Å². The maximum absolute atomic E-state index is 14.6. The van der Waals surface area contributed by atoms with E-state index in [-0.39, 0.29) is 11.2 Å². The van der Waals surface area contributed by atoms with Gasteiger partial charge in [-0.1, -0.05) is 61.9 Å². The van der Waals surface area contributed by atoms with Gasteiger partial charge in [-0.3, -0.25) is 0 Å². The lowest BCUT2D eigenvalue weighted by molar-refractivity contribution is 0.306. The van der Waals surface area contributed by atoms with Crippen molar-refractivity contribution in [1.29, 1.82) is 0 Å². The predicted octanol–water partition coefficient (Wildman–Crippen LogP) is 8.01. The summed E-state index contributed by atoms with van der Waals surface area (Å²) in [5.41, 5.74) is 2.97. The number of unbranched alkanes of at least 4 members (excludes halogenated alkanes) is 2. The van der Waals surface area contributed by atoms with E-state index < -0.39 is 11.6 Å². The average Bonchev–Trinajstić information content (AvgIpc) is 2.88. The van der Waals surface area contributed by atoms with Crippen LogP contribution in [0, 0.1) is 29.3 Å². The lowest BCUT2D eigenvalue weighted by Gasteiger charge is -2.07. The molecular formula is C31H27F3O. The number of benzene rings is 4. The number of halogens is 3. The summed E-state index contributed by atoms with van der Waals surface area (Å²) >= 11 is 0. The Labute approximate surface area is 204 Å². The zero-order chi connectivity index (χ0) is 24.6. The molecule has 0 saturated heterocycles. The highest BCUT2D eigenvalue weighted by Gasteiger charge is 2.07. The lowest BCUT2D eigenvalue weighted by Crippen LogP contribution is -1.97. The molecule has 4 heteroatoms. The fraction of sp³-hybridized carbons (Fsp3) is 0.226. The van der Waals surface area contributed by atoms with Crippen molar-refractivity contribution >= 4 is 10.8 Å². The van der Waals surface area contributed by atoms with Crippen LogP contribution in [0.3, 0.4) is 0 Å². The van der Waals surface area contributed by atoms with Crippen molar-refractivity contribution < 1.29 is 17.9 Å². The summed E-state index contributed by atoms with van der Waals surface area (Å²) in [6.45, 7) is 2.91. The summed E-state index contributed by atoms with van der Waals surface area (Å²) < 4.78 is 47.6. The van der Waals surface area contributed by atoms with E-state index in [1.54, 1.807) is 18.2 Å². The second kappa shape index (κ2) is 11.6. The molecule has 4 aromatic carbocycles. The molecule has 0 aliphatic carbocycles. The Hall–Kier alpha value is -3.71. The Balaban J connectivity index is 1.37. The van der Waals surface area contributed by atoms with Gasteiger partial charge in [0.25, 0.3) is 0 Å². The van der Waals surface area contributed by atoms with E-state index in [1.807, 2.05) is 18.2 Å². The molecular weight excluding hydrogens is 445 g/mol. The third-order valence-corrected chi connectivity index (χ3v) is 5.92. The van der Waals surface area contributed by atoms with Crippen LogP contribution < -0.4 is 4.74 Å². The minimum Gasteiger partial charge on any atom is -0.494 e. The fourth-order valence-corrected chi connectivity index (χ4v) is 3.88. The highest BCUT2D eigenvalue weighted by molar-refractivity contribution is 5.84. The molecule has 0 N–H and O–H groups in total. The van der Waals surface area contributed by atoms with Crippen LogP contribution in [0.5, 0.6) is 5.75 Å². The van der Waals surface area contributed by atoms with E-state index >= 15 is 0 Å². The first-order valence-electron chi connectivity index (χ1n) is 11.9. The molecule has 4 aromatic rings. The molecule has 0 bridgehead atoms. The molecule has 0 fully saturated rings. The van der Waals surface area contributed by atoms with E-state index in [1.165, 1.54) is 36.6 Å². The van der Waals surface area contributed by atoms with Gasteiger partial charge in [-0.25, -0.2) is 13.2 Å². The second-order valence-electron chi connectivity index (χ2n) is 8.56.